The molecule has 6 heteroatoms. The normalized spacial score (nSPS) is 12.1. The average Bonchev–Trinajstić information content (AvgIpc) is 2.56. The molecule has 0 spiro atoms. The molecule has 0 atom stereocenters. The maximum absolute atomic E-state index is 11.4. The Morgan fingerprint density at radius 3 is 1.74 bits per heavy atom. The van der Waals surface area contributed by atoms with Crippen LogP contribution in [0.1, 0.15) is 104 Å². The lowest BCUT2D eigenvalue weighted by Gasteiger charge is -2.07. The van der Waals surface area contributed by atoms with Crippen LogP contribution in [0.2, 0.25) is 0 Å². The maximum Gasteiger partial charge on any atom is 0.306 e. The van der Waals surface area contributed by atoms with Crippen LogP contribution in [0.5, 0.6) is 0 Å². The molecule has 0 unspecified atom stereocenters. The highest BCUT2D eigenvalue weighted by Crippen LogP contribution is 2.10. The average molecular weight is 404 g/mol. The molecular formula is C21H39O5S-. The highest BCUT2D eigenvalue weighted by molar-refractivity contribution is 7.85. The Labute approximate surface area is 166 Å². The molecule has 0 heterocycles. The van der Waals surface area contributed by atoms with Gasteiger partial charge in [-0.15, -0.1) is 0 Å². The van der Waals surface area contributed by atoms with Gasteiger partial charge < -0.3 is 9.29 Å². The van der Waals surface area contributed by atoms with E-state index in [0.29, 0.717) is 12.8 Å². The van der Waals surface area contributed by atoms with Crippen molar-refractivity contribution in [2.75, 3.05) is 5.75 Å². The molecule has 5 nitrogen and oxygen atoms in total. The fourth-order valence-electron chi connectivity index (χ4n) is 2.87. The second-order valence-electron chi connectivity index (χ2n) is 7.49. The summed E-state index contributed by atoms with van der Waals surface area (Å²) in [5.41, 5.74) is 0. The molecule has 0 radical (unpaired) electrons. The standard InChI is InChI=1S/C21H40O5S/c1-20(2)26-21(22)18-16-14-12-10-8-6-4-3-5-7-9-11-13-15-17-19-27(23,24)25/h3-4,20H,5-19H2,1-2H3,(H,23,24,25)/p-1/b4-3+. The van der Waals surface area contributed by atoms with Gasteiger partial charge in [0.25, 0.3) is 0 Å². The largest absolute Gasteiger partial charge is 0.748 e. The summed E-state index contributed by atoms with van der Waals surface area (Å²) in [6, 6.07) is 0. The fraction of sp³-hybridized carbons (Fsp3) is 0.857. The Bertz CT molecular complexity index is 483. The van der Waals surface area contributed by atoms with E-state index in [2.05, 4.69) is 12.2 Å². The number of hydrogen-bond donors (Lipinski definition) is 0. The SMILES string of the molecule is CC(C)OC(=O)CCCCCCC/C=C/CCCCCCCCS(=O)(=O)[O-]. The number of carbonyl (C=O) groups is 1. The molecule has 160 valence electrons. The first-order chi connectivity index (χ1) is 12.8. The molecule has 0 amide bonds. The predicted octanol–water partition coefficient (Wildman–Crippen LogP) is 5.50. The van der Waals surface area contributed by atoms with E-state index in [1.807, 2.05) is 13.8 Å². The van der Waals surface area contributed by atoms with E-state index in [-0.39, 0.29) is 17.8 Å². The van der Waals surface area contributed by atoms with Crippen LogP contribution in [0.4, 0.5) is 0 Å². The Balaban J connectivity index is 3.24. The number of rotatable bonds is 18. The van der Waals surface area contributed by atoms with Crippen molar-refractivity contribution in [3.63, 3.8) is 0 Å². The molecule has 0 rings (SSSR count). The van der Waals surface area contributed by atoms with Crippen LogP contribution in [-0.2, 0) is 19.6 Å². The summed E-state index contributed by atoms with van der Waals surface area (Å²) < 4.78 is 36.5. The Hall–Kier alpha value is -0.880. The lowest BCUT2D eigenvalue weighted by Crippen LogP contribution is -2.10. The molecule has 0 aromatic heterocycles. The third-order valence-corrected chi connectivity index (χ3v) is 5.09. The van der Waals surface area contributed by atoms with Gasteiger partial charge in [-0.3, -0.25) is 4.79 Å². The molecule has 0 N–H and O–H groups in total. The lowest BCUT2D eigenvalue weighted by atomic mass is 10.1. The highest BCUT2D eigenvalue weighted by Gasteiger charge is 2.04. The molecule has 0 saturated heterocycles. The zero-order chi connectivity index (χ0) is 20.4. The number of ether oxygens (including phenoxy) is 1. The third-order valence-electron chi connectivity index (χ3n) is 4.30. The van der Waals surface area contributed by atoms with E-state index in [4.69, 9.17) is 4.74 Å². The van der Waals surface area contributed by atoms with Gasteiger partial charge in [0, 0.05) is 12.2 Å². The number of allylic oxidation sites excluding steroid dienone is 2. The molecule has 27 heavy (non-hydrogen) atoms. The van der Waals surface area contributed by atoms with E-state index in [1.54, 1.807) is 0 Å². The van der Waals surface area contributed by atoms with Gasteiger partial charge in [0.05, 0.1) is 16.2 Å². The predicted molar refractivity (Wildman–Crippen MR) is 110 cm³/mol. The number of carbonyl (C=O) groups excluding carboxylic acids is 1. The summed E-state index contributed by atoms with van der Waals surface area (Å²) in [5, 5.41) is 0. The second-order valence-corrected chi connectivity index (χ2v) is 9.01. The van der Waals surface area contributed by atoms with Crippen LogP contribution >= 0.6 is 0 Å². The second kappa shape index (κ2) is 17.2. The van der Waals surface area contributed by atoms with Gasteiger partial charge in [0.1, 0.15) is 0 Å². The molecule has 0 fully saturated rings. The minimum atomic E-state index is -4.03. The van der Waals surface area contributed by atoms with Gasteiger partial charge in [-0.2, -0.15) is 0 Å². The van der Waals surface area contributed by atoms with Crippen LogP contribution in [-0.4, -0.2) is 30.8 Å². The van der Waals surface area contributed by atoms with E-state index < -0.39 is 10.1 Å². The van der Waals surface area contributed by atoms with Crippen LogP contribution in [0.15, 0.2) is 12.2 Å². The lowest BCUT2D eigenvalue weighted by molar-refractivity contribution is -0.147. The molecule has 0 aliphatic rings. The van der Waals surface area contributed by atoms with Gasteiger partial charge in [-0.1, -0.05) is 57.1 Å². The number of esters is 1. The first kappa shape index (κ1) is 26.1. The zero-order valence-corrected chi connectivity index (χ0v) is 18.1. The van der Waals surface area contributed by atoms with E-state index in [0.717, 1.165) is 51.4 Å². The summed E-state index contributed by atoms with van der Waals surface area (Å²) in [4.78, 5) is 11.4. The van der Waals surface area contributed by atoms with E-state index in [9.17, 15) is 17.8 Å². The summed E-state index contributed by atoms with van der Waals surface area (Å²) >= 11 is 0. The van der Waals surface area contributed by atoms with Crippen molar-refractivity contribution in [2.24, 2.45) is 0 Å². The quantitative estimate of drug-likeness (QED) is 0.131. The molecular weight excluding hydrogens is 364 g/mol. The Kier molecular flexibility index (Phi) is 16.7. The van der Waals surface area contributed by atoms with Crippen molar-refractivity contribution in [1.29, 1.82) is 0 Å². The third kappa shape index (κ3) is 23.1. The van der Waals surface area contributed by atoms with Crippen LogP contribution in [0, 0.1) is 0 Å². The first-order valence-electron chi connectivity index (χ1n) is 10.6. The molecule has 0 bridgehead atoms. The van der Waals surface area contributed by atoms with Gasteiger partial charge in [0.15, 0.2) is 0 Å². The summed E-state index contributed by atoms with van der Waals surface area (Å²) in [6.45, 7) is 3.75. The molecule has 0 aliphatic carbocycles. The number of unbranched alkanes of at least 4 members (excludes halogenated alkanes) is 11. The minimum Gasteiger partial charge on any atom is -0.748 e. The van der Waals surface area contributed by atoms with E-state index in [1.165, 1.54) is 25.7 Å². The molecule has 0 saturated carbocycles. The zero-order valence-electron chi connectivity index (χ0n) is 17.3. The molecule has 0 aromatic rings. The van der Waals surface area contributed by atoms with Crippen molar-refractivity contribution in [3.05, 3.63) is 12.2 Å². The van der Waals surface area contributed by atoms with Crippen LogP contribution in [0.25, 0.3) is 0 Å². The van der Waals surface area contributed by atoms with Gasteiger partial charge in [0.2, 0.25) is 0 Å². The molecule has 0 aromatic carbocycles. The van der Waals surface area contributed by atoms with Crippen LogP contribution in [0.3, 0.4) is 0 Å². The smallest absolute Gasteiger partial charge is 0.306 e. The van der Waals surface area contributed by atoms with Crippen molar-refractivity contribution < 1.29 is 22.5 Å². The van der Waals surface area contributed by atoms with Gasteiger partial charge in [-0.25, -0.2) is 8.42 Å². The van der Waals surface area contributed by atoms with Crippen molar-refractivity contribution in [2.45, 2.75) is 110 Å². The Morgan fingerprint density at radius 1 is 0.815 bits per heavy atom. The highest BCUT2D eigenvalue weighted by atomic mass is 32.2. The Morgan fingerprint density at radius 2 is 1.26 bits per heavy atom. The van der Waals surface area contributed by atoms with Crippen molar-refractivity contribution in [3.8, 4) is 0 Å². The van der Waals surface area contributed by atoms with E-state index >= 15 is 0 Å². The van der Waals surface area contributed by atoms with Gasteiger partial charge in [-0.05, 0) is 52.4 Å². The van der Waals surface area contributed by atoms with Crippen molar-refractivity contribution in [1.82, 2.24) is 0 Å². The monoisotopic (exact) mass is 403 g/mol. The van der Waals surface area contributed by atoms with Crippen molar-refractivity contribution >= 4 is 16.1 Å². The maximum atomic E-state index is 11.4. The minimum absolute atomic E-state index is 0.0138. The summed E-state index contributed by atoms with van der Waals surface area (Å²) in [6.07, 6.45) is 18.7. The number of hydrogen-bond acceptors (Lipinski definition) is 5. The first-order valence-corrected chi connectivity index (χ1v) is 12.2. The topological polar surface area (TPSA) is 83.5 Å². The molecule has 0 aliphatic heterocycles. The van der Waals surface area contributed by atoms with Gasteiger partial charge >= 0.3 is 5.97 Å². The fourth-order valence-corrected chi connectivity index (χ4v) is 3.43. The van der Waals surface area contributed by atoms with Crippen LogP contribution < -0.4 is 0 Å². The summed E-state index contributed by atoms with van der Waals surface area (Å²) in [5.74, 6) is -0.302. The summed E-state index contributed by atoms with van der Waals surface area (Å²) in [7, 11) is -4.03.